The van der Waals surface area contributed by atoms with E-state index in [0.717, 1.165) is 17.7 Å². The molecule has 1 heterocycles. The summed E-state index contributed by atoms with van der Waals surface area (Å²) in [5.41, 5.74) is 0.676. The van der Waals surface area contributed by atoms with E-state index in [2.05, 4.69) is 15.5 Å². The fraction of sp³-hybridized carbons (Fsp3) is 0.238. The largest absolute Gasteiger partial charge is 0.497 e. The molecule has 2 aromatic carbocycles. The molecule has 0 aliphatic carbocycles. The number of hydrogen-bond donors (Lipinski definition) is 1. The first kappa shape index (κ1) is 20.9. The lowest BCUT2D eigenvalue weighted by molar-refractivity contribution is -0.121. The first-order valence-electron chi connectivity index (χ1n) is 9.11. The van der Waals surface area contributed by atoms with Gasteiger partial charge in [-0.3, -0.25) is 4.79 Å². The van der Waals surface area contributed by atoms with E-state index in [1.807, 2.05) is 0 Å². The highest BCUT2D eigenvalue weighted by molar-refractivity contribution is 5.76. The molecule has 0 saturated heterocycles. The van der Waals surface area contributed by atoms with Crippen molar-refractivity contribution in [1.29, 1.82) is 5.26 Å². The Morgan fingerprint density at radius 1 is 1.27 bits per heavy atom. The highest BCUT2D eigenvalue weighted by Gasteiger charge is 2.18. The number of nitrogens with zero attached hydrogens (tertiary/aromatic N) is 3. The van der Waals surface area contributed by atoms with Crippen molar-refractivity contribution in [3.05, 3.63) is 65.6 Å². The second-order valence-electron chi connectivity index (χ2n) is 6.39. The Hall–Kier alpha value is -3.80. The lowest BCUT2D eigenvalue weighted by atomic mass is 10.1. The van der Waals surface area contributed by atoms with E-state index in [-0.39, 0.29) is 12.0 Å². The molecule has 1 unspecified atom stereocenters. The van der Waals surface area contributed by atoms with Crippen molar-refractivity contribution < 1.29 is 22.8 Å². The lowest BCUT2D eigenvalue weighted by Gasteiger charge is -2.12. The maximum atomic E-state index is 13.8. The van der Waals surface area contributed by atoms with Crippen LogP contribution in [0.5, 0.6) is 5.75 Å². The summed E-state index contributed by atoms with van der Waals surface area (Å²) in [6.07, 6.45) is 0.820. The maximum absolute atomic E-state index is 13.8. The highest BCUT2D eigenvalue weighted by Crippen LogP contribution is 2.21. The predicted octanol–water partition coefficient (Wildman–Crippen LogP) is 3.73. The van der Waals surface area contributed by atoms with Gasteiger partial charge < -0.3 is 14.6 Å². The van der Waals surface area contributed by atoms with Gasteiger partial charge >= 0.3 is 0 Å². The summed E-state index contributed by atoms with van der Waals surface area (Å²) in [6, 6.07) is 10.6. The number of hydrogen-bond acceptors (Lipinski definition) is 6. The van der Waals surface area contributed by atoms with Gasteiger partial charge in [0.15, 0.2) is 0 Å². The summed E-state index contributed by atoms with van der Waals surface area (Å²) in [5.74, 6) is -0.583. The molecule has 1 atom stereocenters. The highest BCUT2D eigenvalue weighted by atomic mass is 19.1. The molecule has 0 fully saturated rings. The lowest BCUT2D eigenvalue weighted by Crippen LogP contribution is -2.28. The van der Waals surface area contributed by atoms with Gasteiger partial charge in [-0.15, -0.1) is 0 Å². The molecule has 9 heteroatoms. The number of rotatable bonds is 8. The summed E-state index contributed by atoms with van der Waals surface area (Å²) < 4.78 is 37.1. The number of benzene rings is 2. The number of nitrogens with one attached hydrogen (secondary N) is 1. The molecule has 0 aliphatic rings. The SMILES string of the molecule is COc1ccc(-c2noc(CCCC(=O)NC(C#N)c3ccc(F)cc3F)n2)cc1. The van der Waals surface area contributed by atoms with Gasteiger partial charge in [-0.1, -0.05) is 11.2 Å². The van der Waals surface area contributed by atoms with Gasteiger partial charge in [0.2, 0.25) is 17.6 Å². The summed E-state index contributed by atoms with van der Waals surface area (Å²) in [7, 11) is 1.58. The van der Waals surface area contributed by atoms with Crippen LogP contribution in [0.3, 0.4) is 0 Å². The Morgan fingerprint density at radius 2 is 2.03 bits per heavy atom. The Balaban J connectivity index is 1.51. The number of amides is 1. The monoisotopic (exact) mass is 412 g/mol. The van der Waals surface area contributed by atoms with Crippen LogP contribution in [0, 0.1) is 23.0 Å². The summed E-state index contributed by atoms with van der Waals surface area (Å²) in [6.45, 7) is 0. The van der Waals surface area contributed by atoms with Gasteiger partial charge in [0, 0.05) is 30.0 Å². The number of aromatic nitrogens is 2. The van der Waals surface area contributed by atoms with Crippen LogP contribution < -0.4 is 10.1 Å². The van der Waals surface area contributed by atoms with Gasteiger partial charge in [0.05, 0.1) is 13.2 Å². The average Bonchev–Trinajstić information content (AvgIpc) is 3.21. The van der Waals surface area contributed by atoms with E-state index >= 15 is 0 Å². The molecular weight excluding hydrogens is 394 g/mol. The van der Waals surface area contributed by atoms with Crippen molar-refractivity contribution in [2.45, 2.75) is 25.3 Å². The predicted molar refractivity (Wildman–Crippen MR) is 102 cm³/mol. The van der Waals surface area contributed by atoms with Crippen LogP contribution in [0.4, 0.5) is 8.78 Å². The Morgan fingerprint density at radius 3 is 2.70 bits per heavy atom. The van der Waals surface area contributed by atoms with E-state index in [1.54, 1.807) is 37.4 Å². The second-order valence-corrected chi connectivity index (χ2v) is 6.39. The van der Waals surface area contributed by atoms with Crippen molar-refractivity contribution in [2.75, 3.05) is 7.11 Å². The van der Waals surface area contributed by atoms with Crippen LogP contribution in [0.2, 0.25) is 0 Å². The van der Waals surface area contributed by atoms with E-state index in [1.165, 1.54) is 0 Å². The van der Waals surface area contributed by atoms with E-state index < -0.39 is 23.6 Å². The number of nitriles is 1. The fourth-order valence-electron chi connectivity index (χ4n) is 2.76. The molecule has 154 valence electrons. The van der Waals surface area contributed by atoms with Crippen LogP contribution in [0.15, 0.2) is 47.0 Å². The molecule has 0 aliphatic heterocycles. The first-order valence-corrected chi connectivity index (χ1v) is 9.11. The maximum Gasteiger partial charge on any atom is 0.226 e. The number of aryl methyl sites for hydroxylation is 1. The molecule has 3 aromatic rings. The molecule has 0 radical (unpaired) electrons. The number of carbonyl (C=O) groups excluding carboxylic acids is 1. The minimum absolute atomic E-state index is 0.0707. The molecule has 0 bridgehead atoms. The van der Waals surface area contributed by atoms with Gasteiger partial charge in [-0.05, 0) is 36.8 Å². The van der Waals surface area contributed by atoms with E-state index in [0.29, 0.717) is 36.4 Å². The van der Waals surface area contributed by atoms with E-state index in [9.17, 15) is 18.8 Å². The van der Waals surface area contributed by atoms with Crippen LogP contribution in [-0.4, -0.2) is 23.2 Å². The summed E-state index contributed by atoms with van der Waals surface area (Å²) in [4.78, 5) is 16.4. The zero-order valence-corrected chi connectivity index (χ0v) is 16.1. The van der Waals surface area contributed by atoms with Crippen molar-refractivity contribution in [3.8, 4) is 23.2 Å². The molecule has 0 spiro atoms. The quantitative estimate of drug-likeness (QED) is 0.605. The number of halogens is 2. The minimum atomic E-state index is -1.21. The standard InChI is InChI=1S/C21H18F2N4O3/c1-29-15-8-5-13(6-9-15)21-26-20(30-27-21)4-2-3-19(28)25-18(12-24)16-10-7-14(22)11-17(16)23/h5-11,18H,2-4H2,1H3,(H,25,28). The Bertz CT molecular complexity index is 1060. The number of carbonyl (C=O) groups is 1. The van der Waals surface area contributed by atoms with Crippen molar-refractivity contribution >= 4 is 5.91 Å². The van der Waals surface area contributed by atoms with Crippen molar-refractivity contribution in [1.82, 2.24) is 15.5 Å². The molecular formula is C21H18F2N4O3. The van der Waals surface area contributed by atoms with Crippen LogP contribution >= 0.6 is 0 Å². The van der Waals surface area contributed by atoms with Crippen LogP contribution in [-0.2, 0) is 11.2 Å². The fourth-order valence-corrected chi connectivity index (χ4v) is 2.76. The Labute approximate surface area is 171 Å². The molecule has 30 heavy (non-hydrogen) atoms. The van der Waals surface area contributed by atoms with E-state index in [4.69, 9.17) is 9.26 Å². The Kier molecular flexibility index (Phi) is 6.70. The zero-order chi connectivity index (χ0) is 21.5. The number of ether oxygens (including phenoxy) is 1. The average molecular weight is 412 g/mol. The van der Waals surface area contributed by atoms with Crippen LogP contribution in [0.1, 0.15) is 30.3 Å². The second kappa shape index (κ2) is 9.60. The minimum Gasteiger partial charge on any atom is -0.497 e. The van der Waals surface area contributed by atoms with Crippen LogP contribution in [0.25, 0.3) is 11.4 Å². The van der Waals surface area contributed by atoms with Crippen molar-refractivity contribution in [3.63, 3.8) is 0 Å². The third kappa shape index (κ3) is 5.17. The van der Waals surface area contributed by atoms with Gasteiger partial charge in [-0.2, -0.15) is 10.2 Å². The zero-order valence-electron chi connectivity index (χ0n) is 16.1. The smallest absolute Gasteiger partial charge is 0.226 e. The summed E-state index contributed by atoms with van der Waals surface area (Å²) >= 11 is 0. The molecule has 3 rings (SSSR count). The molecule has 0 saturated carbocycles. The molecule has 1 aromatic heterocycles. The number of methoxy groups -OCH3 is 1. The molecule has 1 N–H and O–H groups in total. The summed E-state index contributed by atoms with van der Waals surface area (Å²) in [5, 5.41) is 15.5. The van der Waals surface area contributed by atoms with Gasteiger partial charge in [0.25, 0.3) is 0 Å². The normalized spacial score (nSPS) is 11.5. The first-order chi connectivity index (χ1) is 14.5. The molecule has 1 amide bonds. The topological polar surface area (TPSA) is 101 Å². The third-order valence-electron chi connectivity index (χ3n) is 4.32. The molecule has 7 nitrogen and oxygen atoms in total. The van der Waals surface area contributed by atoms with Gasteiger partial charge in [-0.25, -0.2) is 8.78 Å². The van der Waals surface area contributed by atoms with Gasteiger partial charge in [0.1, 0.15) is 23.4 Å². The third-order valence-corrected chi connectivity index (χ3v) is 4.32. The van der Waals surface area contributed by atoms with Crippen molar-refractivity contribution in [2.24, 2.45) is 0 Å².